The SMILES string of the molecule is COc1ccc(Br)cc1CNn1cn[nH]c1=S.Cn1cn[nH]c1=S. The summed E-state index contributed by atoms with van der Waals surface area (Å²) >= 11 is 13.2. The summed E-state index contributed by atoms with van der Waals surface area (Å²) in [5.74, 6) is 0.829. The van der Waals surface area contributed by atoms with Crippen molar-refractivity contribution in [2.24, 2.45) is 7.05 Å². The molecule has 0 amide bonds. The lowest BCUT2D eigenvalue weighted by molar-refractivity contribution is 0.409. The highest BCUT2D eigenvalue weighted by atomic mass is 79.9. The first-order valence-electron chi connectivity index (χ1n) is 6.75. The Kier molecular flexibility index (Phi) is 6.70. The second-order valence-electron chi connectivity index (χ2n) is 4.60. The van der Waals surface area contributed by atoms with Crippen LogP contribution in [0.2, 0.25) is 0 Å². The molecule has 0 fully saturated rings. The number of H-pyrrole nitrogens is 2. The number of ether oxygens (including phenoxy) is 1. The van der Waals surface area contributed by atoms with Crippen molar-refractivity contribution < 1.29 is 4.74 Å². The van der Waals surface area contributed by atoms with Gasteiger partial charge in [0, 0.05) is 17.1 Å². The van der Waals surface area contributed by atoms with Crippen LogP contribution in [0.1, 0.15) is 5.56 Å². The molecule has 2 heterocycles. The fraction of sp³-hybridized carbons (Fsp3) is 0.231. The fourth-order valence-electron chi connectivity index (χ4n) is 1.72. The van der Waals surface area contributed by atoms with Gasteiger partial charge in [0.2, 0.25) is 4.77 Å². The molecule has 0 aliphatic carbocycles. The summed E-state index contributed by atoms with van der Waals surface area (Å²) in [6.45, 7) is 0.594. The van der Waals surface area contributed by atoms with Crippen LogP contribution in [0.15, 0.2) is 35.3 Å². The third-order valence-corrected chi connectivity index (χ3v) is 4.11. The van der Waals surface area contributed by atoms with E-state index in [0.29, 0.717) is 16.1 Å². The van der Waals surface area contributed by atoms with Gasteiger partial charge in [0.25, 0.3) is 0 Å². The number of methoxy groups -OCH3 is 1. The van der Waals surface area contributed by atoms with Crippen LogP contribution in [0.4, 0.5) is 0 Å². The number of halogens is 1. The Morgan fingerprint density at radius 3 is 2.42 bits per heavy atom. The van der Waals surface area contributed by atoms with Gasteiger partial charge in [-0.25, -0.2) is 4.68 Å². The lowest BCUT2D eigenvalue weighted by Gasteiger charge is -2.10. The van der Waals surface area contributed by atoms with Crippen molar-refractivity contribution in [2.45, 2.75) is 6.54 Å². The molecule has 0 aliphatic rings. The third-order valence-electron chi connectivity index (χ3n) is 2.95. The predicted molar refractivity (Wildman–Crippen MR) is 99.6 cm³/mol. The normalized spacial score (nSPS) is 9.96. The zero-order valence-electron chi connectivity index (χ0n) is 13.0. The Bertz CT molecular complexity index is 898. The topological polar surface area (TPSA) is 88.5 Å². The minimum Gasteiger partial charge on any atom is -0.496 e. The molecule has 1 aromatic carbocycles. The molecule has 3 N–H and O–H groups in total. The molecule has 0 saturated carbocycles. The van der Waals surface area contributed by atoms with Crippen LogP contribution in [0.25, 0.3) is 0 Å². The van der Waals surface area contributed by atoms with Crippen molar-refractivity contribution in [1.82, 2.24) is 29.6 Å². The summed E-state index contributed by atoms with van der Waals surface area (Å²) in [5, 5.41) is 12.7. The van der Waals surface area contributed by atoms with Gasteiger partial charge in [-0.2, -0.15) is 10.2 Å². The lowest BCUT2D eigenvalue weighted by atomic mass is 10.2. The van der Waals surface area contributed by atoms with Crippen LogP contribution in [-0.2, 0) is 13.6 Å². The van der Waals surface area contributed by atoms with E-state index in [1.165, 1.54) is 0 Å². The van der Waals surface area contributed by atoms with Gasteiger partial charge in [0.05, 0.1) is 13.7 Å². The zero-order chi connectivity index (χ0) is 17.5. The van der Waals surface area contributed by atoms with Gasteiger partial charge in [-0.15, -0.1) is 0 Å². The highest BCUT2D eigenvalue weighted by Gasteiger charge is 2.03. The van der Waals surface area contributed by atoms with Crippen LogP contribution in [0.5, 0.6) is 5.75 Å². The van der Waals surface area contributed by atoms with E-state index < -0.39 is 0 Å². The Morgan fingerprint density at radius 1 is 1.21 bits per heavy atom. The largest absolute Gasteiger partial charge is 0.496 e. The van der Waals surface area contributed by atoms with E-state index in [1.807, 2.05) is 25.2 Å². The Labute approximate surface area is 157 Å². The molecule has 11 heteroatoms. The molecule has 0 unspecified atom stereocenters. The molecular weight excluding hydrogens is 414 g/mol. The van der Waals surface area contributed by atoms with Gasteiger partial charge in [-0.05, 0) is 42.6 Å². The van der Waals surface area contributed by atoms with Crippen LogP contribution in [0.3, 0.4) is 0 Å². The number of aryl methyl sites for hydroxylation is 1. The van der Waals surface area contributed by atoms with Gasteiger partial charge in [0.1, 0.15) is 18.4 Å². The number of aromatic nitrogens is 6. The first kappa shape index (κ1) is 18.4. The molecule has 0 atom stereocenters. The van der Waals surface area contributed by atoms with E-state index in [9.17, 15) is 0 Å². The summed E-state index contributed by atoms with van der Waals surface area (Å²) in [4.78, 5) is 0. The highest BCUT2D eigenvalue weighted by molar-refractivity contribution is 9.10. The number of nitrogens with one attached hydrogen (secondary N) is 3. The van der Waals surface area contributed by atoms with Crippen molar-refractivity contribution in [1.29, 1.82) is 0 Å². The van der Waals surface area contributed by atoms with Crippen LogP contribution >= 0.6 is 40.4 Å². The Balaban J connectivity index is 0.000000249. The van der Waals surface area contributed by atoms with Crippen molar-refractivity contribution >= 4 is 40.4 Å². The standard InChI is InChI=1S/C10H11BrN4OS.C3H5N3S/c1-16-9-3-2-8(11)4-7(9)5-13-15-6-12-14-10(15)17;1-6-2-4-5-3(6)7/h2-4,6,13H,5H2,1H3,(H,14,17);2H,1H3,(H,5,7). The van der Waals surface area contributed by atoms with E-state index in [4.69, 9.17) is 29.2 Å². The van der Waals surface area contributed by atoms with Gasteiger partial charge in [0.15, 0.2) is 4.77 Å². The minimum absolute atomic E-state index is 0.527. The molecule has 128 valence electrons. The Hall–Kier alpha value is -1.98. The number of hydrogen-bond donors (Lipinski definition) is 3. The smallest absolute Gasteiger partial charge is 0.214 e. The molecule has 0 radical (unpaired) electrons. The van der Waals surface area contributed by atoms with Crippen molar-refractivity contribution in [3.05, 3.63) is 50.4 Å². The summed E-state index contributed by atoms with van der Waals surface area (Å²) in [6.07, 6.45) is 3.22. The summed E-state index contributed by atoms with van der Waals surface area (Å²) in [5.41, 5.74) is 4.16. The van der Waals surface area contributed by atoms with E-state index in [2.05, 4.69) is 41.8 Å². The number of hydrogen-bond acceptors (Lipinski definition) is 6. The predicted octanol–water partition coefficient (Wildman–Crippen LogP) is 2.93. The maximum Gasteiger partial charge on any atom is 0.214 e. The number of nitrogens with zero attached hydrogens (tertiary/aromatic N) is 4. The van der Waals surface area contributed by atoms with Crippen LogP contribution < -0.4 is 10.2 Å². The van der Waals surface area contributed by atoms with Crippen LogP contribution in [0, 0.1) is 9.54 Å². The summed E-state index contributed by atoms with van der Waals surface area (Å²) < 4.78 is 10.8. The highest BCUT2D eigenvalue weighted by Crippen LogP contribution is 2.22. The van der Waals surface area contributed by atoms with E-state index in [0.717, 1.165) is 15.8 Å². The lowest BCUT2D eigenvalue weighted by Crippen LogP contribution is -2.14. The molecule has 3 rings (SSSR count). The molecule has 3 aromatic rings. The zero-order valence-corrected chi connectivity index (χ0v) is 16.2. The van der Waals surface area contributed by atoms with Crippen molar-refractivity contribution in [3.63, 3.8) is 0 Å². The number of aromatic amines is 2. The summed E-state index contributed by atoms with van der Waals surface area (Å²) in [7, 11) is 3.49. The molecule has 8 nitrogen and oxygen atoms in total. The van der Waals surface area contributed by atoms with Crippen molar-refractivity contribution in [3.8, 4) is 5.75 Å². The molecule has 24 heavy (non-hydrogen) atoms. The van der Waals surface area contributed by atoms with E-state index in [-0.39, 0.29) is 0 Å². The second kappa shape index (κ2) is 8.76. The fourth-order valence-corrected chi connectivity index (χ4v) is 2.39. The first-order valence-corrected chi connectivity index (χ1v) is 8.36. The Morgan fingerprint density at radius 2 is 1.92 bits per heavy atom. The molecule has 0 spiro atoms. The summed E-state index contributed by atoms with van der Waals surface area (Å²) in [6, 6.07) is 5.84. The molecule has 2 aromatic heterocycles. The average molecular weight is 430 g/mol. The quantitative estimate of drug-likeness (QED) is 0.552. The van der Waals surface area contributed by atoms with Gasteiger partial charge < -0.3 is 14.7 Å². The van der Waals surface area contributed by atoms with Gasteiger partial charge in [-0.1, -0.05) is 15.9 Å². The molecular formula is C13H16BrN7OS2. The maximum atomic E-state index is 5.28. The van der Waals surface area contributed by atoms with Crippen molar-refractivity contribution in [2.75, 3.05) is 12.5 Å². The van der Waals surface area contributed by atoms with Gasteiger partial charge in [-0.3, -0.25) is 10.2 Å². The monoisotopic (exact) mass is 429 g/mol. The second-order valence-corrected chi connectivity index (χ2v) is 6.28. The van der Waals surface area contributed by atoms with E-state index >= 15 is 0 Å². The number of benzene rings is 1. The average Bonchev–Trinajstić information content (AvgIpc) is 3.14. The van der Waals surface area contributed by atoms with Crippen LogP contribution in [-0.4, -0.2) is 36.7 Å². The maximum absolute atomic E-state index is 5.28. The molecule has 0 aliphatic heterocycles. The molecule has 0 saturated heterocycles. The van der Waals surface area contributed by atoms with E-state index in [1.54, 1.807) is 29.0 Å². The first-order chi connectivity index (χ1) is 11.5. The minimum atomic E-state index is 0.527. The molecule has 0 bridgehead atoms. The van der Waals surface area contributed by atoms with Gasteiger partial charge >= 0.3 is 0 Å². The number of rotatable bonds is 4. The third kappa shape index (κ3) is 5.01.